The Balaban J connectivity index is 5.28. The van der Waals surface area contributed by atoms with Gasteiger partial charge in [0.05, 0.1) is 0 Å². The summed E-state index contributed by atoms with van der Waals surface area (Å²) in [5.74, 6) is 0. The van der Waals surface area contributed by atoms with Crippen LogP contribution in [-0.4, -0.2) is 41.5 Å². The van der Waals surface area contributed by atoms with Crippen LogP contribution in [0.2, 0.25) is 13.1 Å². The highest BCUT2D eigenvalue weighted by molar-refractivity contribution is 6.68. The quantitative estimate of drug-likeness (QED) is 0.540. The molecule has 0 aliphatic carbocycles. The van der Waals surface area contributed by atoms with Gasteiger partial charge in [-0.1, -0.05) is 0 Å². The molecule has 0 bridgehead atoms. The van der Waals surface area contributed by atoms with Gasteiger partial charge in [0.2, 0.25) is 0 Å². The van der Waals surface area contributed by atoms with Crippen molar-refractivity contribution in [2.24, 2.45) is 0 Å². The first-order valence-electron chi connectivity index (χ1n) is 4.83. The Hall–Kier alpha value is -0.0262. The lowest BCUT2D eigenvalue weighted by atomic mass is 10.4. The van der Waals surface area contributed by atoms with Crippen molar-refractivity contribution in [2.45, 2.75) is 50.4 Å². The average molecular weight is 296 g/mol. The molecule has 0 N–H and O–H groups in total. The lowest BCUT2D eigenvalue weighted by molar-refractivity contribution is -0.0556. The standard InChI is InChI=1S/C8H14F6OSi2/c1-5(9)7(11,12)17(15-16(3)4)8(13,14)6(2)10/h5-6H,1-4H3. The summed E-state index contributed by atoms with van der Waals surface area (Å²) in [6.07, 6.45) is -5.61. The van der Waals surface area contributed by atoms with Gasteiger partial charge in [-0.2, -0.15) is 0 Å². The SMILES string of the molecule is CC(F)C(F)(F)[Si](O[Si](C)C)C(F)(F)C(C)F. The molecule has 0 aromatic carbocycles. The first-order valence-corrected chi connectivity index (χ1v) is 8.65. The van der Waals surface area contributed by atoms with Crippen LogP contribution >= 0.6 is 0 Å². The summed E-state index contributed by atoms with van der Waals surface area (Å²) < 4.78 is 83.3. The number of halogens is 6. The van der Waals surface area contributed by atoms with E-state index in [-0.39, 0.29) is 0 Å². The van der Waals surface area contributed by atoms with Crippen LogP contribution in [-0.2, 0) is 4.12 Å². The molecule has 0 aliphatic rings. The highest BCUT2D eigenvalue weighted by Gasteiger charge is 2.65. The molecule has 102 valence electrons. The van der Waals surface area contributed by atoms with E-state index in [1.165, 1.54) is 13.1 Å². The fourth-order valence-electron chi connectivity index (χ4n) is 0.924. The third kappa shape index (κ3) is 3.99. The lowest BCUT2D eigenvalue weighted by Gasteiger charge is -2.33. The Bertz CT molecular complexity index is 226. The Morgan fingerprint density at radius 1 is 0.882 bits per heavy atom. The summed E-state index contributed by atoms with van der Waals surface area (Å²) in [5, 5.41) is 0. The number of hydrogen-bond donors (Lipinski definition) is 0. The monoisotopic (exact) mass is 296 g/mol. The third-order valence-electron chi connectivity index (χ3n) is 1.91. The van der Waals surface area contributed by atoms with Gasteiger partial charge in [-0.3, -0.25) is 0 Å². The van der Waals surface area contributed by atoms with E-state index in [1.807, 2.05) is 0 Å². The van der Waals surface area contributed by atoms with Gasteiger partial charge < -0.3 is 4.12 Å². The van der Waals surface area contributed by atoms with Crippen LogP contribution in [0.3, 0.4) is 0 Å². The molecule has 0 heterocycles. The largest absolute Gasteiger partial charge is 0.448 e. The van der Waals surface area contributed by atoms with Gasteiger partial charge in [0.1, 0.15) is 0 Å². The maximum Gasteiger partial charge on any atom is 0.374 e. The Kier molecular flexibility index (Phi) is 5.73. The molecule has 2 atom stereocenters. The summed E-state index contributed by atoms with van der Waals surface area (Å²) in [6.45, 7) is 3.63. The minimum atomic E-state index is -4.34. The molecule has 9 heteroatoms. The lowest BCUT2D eigenvalue weighted by Crippen LogP contribution is -2.61. The van der Waals surface area contributed by atoms with E-state index in [1.54, 1.807) is 0 Å². The molecular formula is C8H14F6OSi2. The summed E-state index contributed by atoms with van der Waals surface area (Å²) in [6, 6.07) is 0. The highest BCUT2D eigenvalue weighted by atomic mass is 28.4. The fourth-order valence-corrected chi connectivity index (χ4v) is 4.81. The third-order valence-corrected chi connectivity index (χ3v) is 6.37. The second-order valence-corrected chi connectivity index (χ2v) is 8.44. The van der Waals surface area contributed by atoms with E-state index in [0.29, 0.717) is 13.8 Å². The van der Waals surface area contributed by atoms with Crippen molar-refractivity contribution >= 4 is 18.1 Å². The molecular weight excluding hydrogens is 282 g/mol. The van der Waals surface area contributed by atoms with Gasteiger partial charge >= 0.3 is 9.04 Å². The summed E-state index contributed by atoms with van der Waals surface area (Å²) in [4.78, 5) is 0. The fraction of sp³-hybridized carbons (Fsp3) is 1.00. The van der Waals surface area contributed by atoms with Gasteiger partial charge in [-0.15, -0.1) is 0 Å². The molecule has 0 amide bonds. The van der Waals surface area contributed by atoms with E-state index in [2.05, 4.69) is 4.12 Å². The maximum atomic E-state index is 13.3. The molecule has 0 saturated carbocycles. The van der Waals surface area contributed by atoms with E-state index in [0.717, 1.165) is 0 Å². The summed E-state index contributed by atoms with van der Waals surface area (Å²) in [5.41, 5.74) is -8.67. The Labute approximate surface area is 99.6 Å². The molecule has 0 aliphatic heterocycles. The van der Waals surface area contributed by atoms with Gasteiger partial charge in [0, 0.05) is 0 Å². The molecule has 2 radical (unpaired) electrons. The summed E-state index contributed by atoms with van der Waals surface area (Å²) in [7, 11) is -6.18. The van der Waals surface area contributed by atoms with E-state index < -0.39 is 41.5 Å². The van der Waals surface area contributed by atoms with Crippen LogP contribution in [0.5, 0.6) is 0 Å². The number of alkyl halides is 6. The Morgan fingerprint density at radius 2 is 1.18 bits per heavy atom. The first kappa shape index (κ1) is 17.0. The van der Waals surface area contributed by atoms with Crippen molar-refractivity contribution < 1.29 is 30.5 Å². The van der Waals surface area contributed by atoms with Gasteiger partial charge in [-0.05, 0) is 26.9 Å². The number of rotatable bonds is 6. The Morgan fingerprint density at radius 3 is 1.35 bits per heavy atom. The molecule has 0 rings (SSSR count). The zero-order chi connectivity index (χ0) is 14.0. The van der Waals surface area contributed by atoms with Crippen molar-refractivity contribution in [1.82, 2.24) is 0 Å². The normalized spacial score (nSPS) is 17.6. The second kappa shape index (κ2) is 5.74. The minimum Gasteiger partial charge on any atom is -0.448 e. The maximum absolute atomic E-state index is 13.3. The second-order valence-electron chi connectivity index (χ2n) is 3.82. The highest BCUT2D eigenvalue weighted by Crippen LogP contribution is 2.37. The van der Waals surface area contributed by atoms with Crippen LogP contribution in [0.15, 0.2) is 0 Å². The smallest absolute Gasteiger partial charge is 0.374 e. The molecule has 0 aromatic rings. The summed E-state index contributed by atoms with van der Waals surface area (Å²) >= 11 is 0. The topological polar surface area (TPSA) is 9.23 Å². The van der Waals surface area contributed by atoms with Crippen molar-refractivity contribution in [3.05, 3.63) is 0 Å². The zero-order valence-corrected chi connectivity index (χ0v) is 11.8. The predicted octanol–water partition coefficient (Wildman–Crippen LogP) is 3.31. The van der Waals surface area contributed by atoms with Gasteiger partial charge in [-0.25, -0.2) is 26.3 Å². The number of hydrogen-bond acceptors (Lipinski definition) is 1. The van der Waals surface area contributed by atoms with Crippen LogP contribution in [0.4, 0.5) is 26.3 Å². The molecule has 2 unspecified atom stereocenters. The van der Waals surface area contributed by atoms with Crippen molar-refractivity contribution in [2.75, 3.05) is 0 Å². The molecule has 0 aromatic heterocycles. The van der Waals surface area contributed by atoms with Crippen LogP contribution in [0, 0.1) is 0 Å². The van der Waals surface area contributed by atoms with Crippen LogP contribution in [0.25, 0.3) is 0 Å². The van der Waals surface area contributed by atoms with Gasteiger partial charge in [0.25, 0.3) is 11.1 Å². The first-order chi connectivity index (χ1) is 7.44. The molecule has 17 heavy (non-hydrogen) atoms. The van der Waals surface area contributed by atoms with Gasteiger partial charge in [0.15, 0.2) is 21.4 Å². The average Bonchev–Trinajstić information content (AvgIpc) is 2.12. The van der Waals surface area contributed by atoms with Crippen molar-refractivity contribution in [1.29, 1.82) is 0 Å². The van der Waals surface area contributed by atoms with E-state index >= 15 is 0 Å². The van der Waals surface area contributed by atoms with Crippen molar-refractivity contribution in [3.63, 3.8) is 0 Å². The van der Waals surface area contributed by atoms with Crippen LogP contribution in [0.1, 0.15) is 13.8 Å². The van der Waals surface area contributed by atoms with Crippen molar-refractivity contribution in [3.8, 4) is 0 Å². The van der Waals surface area contributed by atoms with Crippen LogP contribution < -0.4 is 0 Å². The minimum absolute atomic E-state index is 0.463. The van der Waals surface area contributed by atoms with E-state index in [4.69, 9.17) is 0 Å². The van der Waals surface area contributed by atoms with E-state index in [9.17, 15) is 26.3 Å². The molecule has 0 fully saturated rings. The predicted molar refractivity (Wildman–Crippen MR) is 55.4 cm³/mol. The molecule has 1 nitrogen and oxygen atoms in total. The molecule has 0 spiro atoms. The zero-order valence-electron chi connectivity index (χ0n) is 9.83. The molecule has 0 saturated heterocycles.